The molecule has 0 amide bonds. The highest BCUT2D eigenvalue weighted by Crippen LogP contribution is 2.13. The van der Waals surface area contributed by atoms with Crippen molar-refractivity contribution in [3.05, 3.63) is 24.3 Å². The Labute approximate surface area is 82.2 Å². The molecule has 0 N–H and O–H groups in total. The zero-order chi connectivity index (χ0) is 10.1. The lowest BCUT2D eigenvalue weighted by atomic mass is 10.4. The molecule has 2 nitrogen and oxygen atoms in total. The minimum atomic E-state index is -3.04. The fourth-order valence-electron chi connectivity index (χ4n) is 0.959. The van der Waals surface area contributed by atoms with Crippen LogP contribution in [-0.4, -0.2) is 27.2 Å². The summed E-state index contributed by atoms with van der Waals surface area (Å²) in [6.07, 6.45) is 5.44. The number of benzene rings is 1. The Hall–Kier alpha value is -0.480. The van der Waals surface area contributed by atoms with Crippen molar-refractivity contribution in [3.63, 3.8) is 0 Å². The third kappa shape index (κ3) is 2.74. The van der Waals surface area contributed by atoms with Gasteiger partial charge in [-0.15, -0.1) is 0 Å². The summed E-state index contributed by atoms with van der Waals surface area (Å²) in [6.45, 7) is 0. The van der Waals surface area contributed by atoms with Gasteiger partial charge >= 0.3 is 0 Å². The average molecular weight is 217 g/mol. The first-order valence-corrected chi connectivity index (χ1v) is 7.72. The van der Waals surface area contributed by atoms with Gasteiger partial charge in [-0.1, -0.05) is 0 Å². The van der Waals surface area contributed by atoms with Crippen molar-refractivity contribution >= 4 is 20.7 Å². The first-order valence-electron chi connectivity index (χ1n) is 3.79. The Bertz CT molecular complexity index is 377. The average Bonchev–Trinajstić information content (AvgIpc) is 2.03. The van der Waals surface area contributed by atoms with Crippen molar-refractivity contribution in [1.29, 1.82) is 0 Å². The van der Waals surface area contributed by atoms with Crippen LogP contribution >= 0.6 is 0 Å². The van der Waals surface area contributed by atoms with Crippen LogP contribution in [0.3, 0.4) is 0 Å². The summed E-state index contributed by atoms with van der Waals surface area (Å²) in [5, 5.41) is 0. The molecule has 0 aliphatic heterocycles. The van der Waals surface area contributed by atoms with Crippen LogP contribution in [-0.2, 0) is 20.7 Å². The number of hydrogen-bond acceptors (Lipinski definition) is 2. The lowest BCUT2D eigenvalue weighted by Gasteiger charge is -1.98. The summed E-state index contributed by atoms with van der Waals surface area (Å²) in [5.74, 6) is 0. The van der Waals surface area contributed by atoms with Crippen molar-refractivity contribution in [2.75, 3.05) is 18.8 Å². The molecule has 0 heterocycles. The minimum Gasteiger partial charge on any atom is -0.224 e. The van der Waals surface area contributed by atoms with Crippen molar-refractivity contribution in [2.24, 2.45) is 0 Å². The van der Waals surface area contributed by atoms with Crippen LogP contribution in [0.5, 0.6) is 0 Å². The summed E-state index contributed by atoms with van der Waals surface area (Å²) in [6, 6.07) is 7.08. The summed E-state index contributed by atoms with van der Waals surface area (Å²) in [5.41, 5.74) is 0. The molecule has 0 saturated heterocycles. The Morgan fingerprint density at radius 1 is 1.08 bits per heavy atom. The molecule has 0 aliphatic carbocycles. The minimum absolute atomic E-state index is 0.191. The molecular weight excluding hydrogens is 204 g/mol. The summed E-state index contributed by atoms with van der Waals surface area (Å²) in [4.78, 5) is 1.58. The zero-order valence-corrected chi connectivity index (χ0v) is 9.58. The van der Waals surface area contributed by atoms with E-state index in [0.717, 1.165) is 0 Å². The van der Waals surface area contributed by atoms with Crippen LogP contribution in [0.25, 0.3) is 0 Å². The maximum Gasteiger partial charge on any atom is 0.175 e. The molecule has 0 atom stereocenters. The van der Waals surface area contributed by atoms with Crippen molar-refractivity contribution < 1.29 is 8.42 Å². The van der Waals surface area contributed by atoms with E-state index in [0.29, 0.717) is 4.90 Å². The number of hydrogen-bond donors (Lipinski definition) is 0. The van der Waals surface area contributed by atoms with Gasteiger partial charge in [-0.05, 0) is 24.3 Å². The van der Waals surface area contributed by atoms with Gasteiger partial charge in [0.25, 0.3) is 0 Å². The lowest BCUT2D eigenvalue weighted by molar-refractivity contribution is 0.602. The molecule has 13 heavy (non-hydrogen) atoms. The Balaban J connectivity index is 3.08. The quantitative estimate of drug-likeness (QED) is 0.700. The molecular formula is C9H13O2S2+. The van der Waals surface area contributed by atoms with Gasteiger partial charge in [0, 0.05) is 17.2 Å². The predicted molar refractivity (Wildman–Crippen MR) is 57.0 cm³/mol. The third-order valence-electron chi connectivity index (χ3n) is 1.72. The van der Waals surface area contributed by atoms with Gasteiger partial charge in [0.05, 0.1) is 4.90 Å². The van der Waals surface area contributed by atoms with Gasteiger partial charge in [0.15, 0.2) is 14.7 Å². The Morgan fingerprint density at radius 3 is 1.85 bits per heavy atom. The zero-order valence-electron chi connectivity index (χ0n) is 7.94. The van der Waals surface area contributed by atoms with E-state index in [1.807, 2.05) is 12.1 Å². The van der Waals surface area contributed by atoms with Crippen LogP contribution in [0.15, 0.2) is 34.1 Å². The van der Waals surface area contributed by atoms with Gasteiger partial charge < -0.3 is 0 Å². The Morgan fingerprint density at radius 2 is 1.54 bits per heavy atom. The first kappa shape index (κ1) is 10.6. The summed E-state index contributed by atoms with van der Waals surface area (Å²) >= 11 is 0. The second kappa shape index (κ2) is 3.72. The van der Waals surface area contributed by atoms with E-state index in [-0.39, 0.29) is 10.9 Å². The molecule has 1 rings (SSSR count). The fourth-order valence-corrected chi connectivity index (χ4v) is 2.27. The van der Waals surface area contributed by atoms with Crippen LogP contribution in [0.1, 0.15) is 0 Å². The SMILES string of the molecule is C[S+](C)c1ccc(S(C)(=O)=O)cc1. The Kier molecular flexibility index (Phi) is 3.03. The smallest absolute Gasteiger partial charge is 0.175 e. The number of rotatable bonds is 2. The molecule has 0 spiro atoms. The highest BCUT2D eigenvalue weighted by molar-refractivity contribution is 7.95. The lowest BCUT2D eigenvalue weighted by Crippen LogP contribution is -1.99. The van der Waals surface area contributed by atoms with Crippen LogP contribution in [0, 0.1) is 0 Å². The topological polar surface area (TPSA) is 34.1 Å². The molecule has 0 saturated carbocycles. The molecule has 0 unspecified atom stereocenters. The highest BCUT2D eigenvalue weighted by atomic mass is 32.2. The monoisotopic (exact) mass is 217 g/mol. The van der Waals surface area contributed by atoms with E-state index in [1.165, 1.54) is 11.2 Å². The molecule has 72 valence electrons. The van der Waals surface area contributed by atoms with E-state index in [1.54, 1.807) is 12.1 Å². The van der Waals surface area contributed by atoms with E-state index in [2.05, 4.69) is 12.5 Å². The van der Waals surface area contributed by atoms with Crippen molar-refractivity contribution in [3.8, 4) is 0 Å². The van der Waals surface area contributed by atoms with E-state index in [9.17, 15) is 8.42 Å². The molecule has 1 aromatic carbocycles. The molecule has 0 radical (unpaired) electrons. The molecule has 0 bridgehead atoms. The van der Waals surface area contributed by atoms with Gasteiger partial charge in [-0.2, -0.15) is 0 Å². The van der Waals surface area contributed by atoms with E-state index >= 15 is 0 Å². The van der Waals surface area contributed by atoms with Crippen LogP contribution in [0.2, 0.25) is 0 Å². The van der Waals surface area contributed by atoms with Crippen molar-refractivity contribution in [2.45, 2.75) is 9.79 Å². The van der Waals surface area contributed by atoms with Crippen LogP contribution < -0.4 is 0 Å². The second-order valence-electron chi connectivity index (χ2n) is 3.06. The normalized spacial score (nSPS) is 12.0. The van der Waals surface area contributed by atoms with E-state index < -0.39 is 9.84 Å². The van der Waals surface area contributed by atoms with Gasteiger partial charge in [-0.3, -0.25) is 0 Å². The maximum absolute atomic E-state index is 11.1. The standard InChI is InChI=1S/C9H13O2S2/c1-12(2)8-4-6-9(7-5-8)13(3,10)11/h4-7H,1-3H3/q+1. The third-order valence-corrected chi connectivity index (χ3v) is 4.07. The molecule has 1 aromatic rings. The number of sulfone groups is 1. The molecule has 0 aromatic heterocycles. The van der Waals surface area contributed by atoms with E-state index in [4.69, 9.17) is 0 Å². The maximum atomic E-state index is 11.1. The van der Waals surface area contributed by atoms with Gasteiger partial charge in [0.1, 0.15) is 12.5 Å². The second-order valence-corrected chi connectivity index (χ2v) is 7.18. The summed E-state index contributed by atoms with van der Waals surface area (Å²) in [7, 11) is -2.85. The van der Waals surface area contributed by atoms with Crippen molar-refractivity contribution in [1.82, 2.24) is 0 Å². The van der Waals surface area contributed by atoms with Gasteiger partial charge in [-0.25, -0.2) is 8.42 Å². The van der Waals surface area contributed by atoms with Crippen LogP contribution in [0.4, 0.5) is 0 Å². The first-order chi connectivity index (χ1) is 5.91. The molecule has 4 heteroatoms. The van der Waals surface area contributed by atoms with Gasteiger partial charge in [0.2, 0.25) is 0 Å². The molecule has 0 fully saturated rings. The largest absolute Gasteiger partial charge is 0.224 e. The molecule has 0 aliphatic rings. The predicted octanol–water partition coefficient (Wildman–Crippen LogP) is 1.33. The highest BCUT2D eigenvalue weighted by Gasteiger charge is 2.11. The fraction of sp³-hybridized carbons (Fsp3) is 0.333. The summed E-state index contributed by atoms with van der Waals surface area (Å²) < 4.78 is 22.2.